The van der Waals surface area contributed by atoms with Crippen LogP contribution in [-0.2, 0) is 0 Å². The largest absolute Gasteiger partial charge is 0.497 e. The minimum atomic E-state index is -0.221. The van der Waals surface area contributed by atoms with Crippen LogP contribution in [0.3, 0.4) is 0 Å². The van der Waals surface area contributed by atoms with E-state index in [1.54, 1.807) is 24.5 Å². The van der Waals surface area contributed by atoms with Crippen molar-refractivity contribution < 1.29 is 9.13 Å². The molecule has 19 heavy (non-hydrogen) atoms. The number of hydrogen-bond donors (Lipinski definition) is 0. The van der Waals surface area contributed by atoms with Crippen molar-refractivity contribution in [2.45, 2.75) is 18.3 Å². The molecule has 2 aromatic rings. The fourth-order valence-corrected chi connectivity index (χ4v) is 2.45. The van der Waals surface area contributed by atoms with E-state index in [-0.39, 0.29) is 22.9 Å². The first-order chi connectivity index (χ1) is 9.19. The molecule has 3 nitrogen and oxygen atoms in total. The van der Waals surface area contributed by atoms with Crippen LogP contribution < -0.4 is 4.74 Å². The first-order valence-electron chi connectivity index (χ1n) is 6.00. The van der Waals surface area contributed by atoms with E-state index in [1.165, 1.54) is 13.2 Å². The first-order valence-corrected chi connectivity index (χ1v) is 6.37. The maximum absolute atomic E-state index is 13.9. The van der Waals surface area contributed by atoms with Gasteiger partial charge in [-0.25, -0.2) is 14.4 Å². The summed E-state index contributed by atoms with van der Waals surface area (Å²) in [6.07, 6.45) is 4.33. The second-order valence-corrected chi connectivity index (χ2v) is 4.96. The highest BCUT2D eigenvalue weighted by molar-refractivity contribution is 6.28. The Labute approximate surface area is 115 Å². The lowest BCUT2D eigenvalue weighted by Crippen LogP contribution is -1.92. The molecule has 1 aromatic carbocycles. The molecule has 1 aliphatic carbocycles. The highest BCUT2D eigenvalue weighted by Crippen LogP contribution is 2.55. The van der Waals surface area contributed by atoms with Crippen LogP contribution in [0.1, 0.15) is 29.4 Å². The third kappa shape index (κ3) is 2.40. The molecule has 1 heterocycles. The number of ether oxygens (including phenoxy) is 1. The molecule has 98 valence electrons. The quantitative estimate of drug-likeness (QED) is 0.806. The van der Waals surface area contributed by atoms with Gasteiger partial charge in [0.15, 0.2) is 0 Å². The number of rotatable bonds is 3. The summed E-state index contributed by atoms with van der Waals surface area (Å²) < 4.78 is 18.9. The predicted molar refractivity (Wildman–Crippen MR) is 70.1 cm³/mol. The Balaban J connectivity index is 1.81. The van der Waals surface area contributed by atoms with E-state index in [9.17, 15) is 4.39 Å². The minimum absolute atomic E-state index is 0.190. The summed E-state index contributed by atoms with van der Waals surface area (Å²) in [6, 6.07) is 4.99. The lowest BCUT2D eigenvalue weighted by Gasteiger charge is -2.05. The van der Waals surface area contributed by atoms with Crippen molar-refractivity contribution in [2.75, 3.05) is 7.11 Å². The van der Waals surface area contributed by atoms with Crippen LogP contribution in [0.15, 0.2) is 30.6 Å². The smallest absolute Gasteiger partial charge is 0.222 e. The fourth-order valence-electron chi connectivity index (χ4n) is 2.36. The highest BCUT2D eigenvalue weighted by atomic mass is 35.5. The van der Waals surface area contributed by atoms with E-state index in [2.05, 4.69) is 9.97 Å². The molecule has 0 spiro atoms. The van der Waals surface area contributed by atoms with Crippen LogP contribution in [0.5, 0.6) is 5.75 Å². The summed E-state index contributed by atoms with van der Waals surface area (Å²) in [6.45, 7) is 0. The molecule has 0 radical (unpaired) electrons. The SMILES string of the molecule is COc1ccc([C@@H]2C[C@H]2c2cnc(Cl)nc2)c(F)c1. The van der Waals surface area contributed by atoms with Crippen LogP contribution in [-0.4, -0.2) is 17.1 Å². The van der Waals surface area contributed by atoms with E-state index >= 15 is 0 Å². The zero-order chi connectivity index (χ0) is 13.4. The summed E-state index contributed by atoms with van der Waals surface area (Å²) in [5.74, 6) is 0.783. The van der Waals surface area contributed by atoms with Crippen LogP contribution in [0.2, 0.25) is 5.28 Å². The van der Waals surface area contributed by atoms with Gasteiger partial charge in [-0.2, -0.15) is 0 Å². The van der Waals surface area contributed by atoms with Gasteiger partial charge in [0.25, 0.3) is 0 Å². The Hall–Kier alpha value is -1.68. The molecule has 0 amide bonds. The monoisotopic (exact) mass is 278 g/mol. The molecule has 1 saturated carbocycles. The van der Waals surface area contributed by atoms with Gasteiger partial charge in [-0.1, -0.05) is 6.07 Å². The maximum atomic E-state index is 13.9. The lowest BCUT2D eigenvalue weighted by atomic mass is 10.1. The molecule has 1 aromatic heterocycles. The topological polar surface area (TPSA) is 35.0 Å². The van der Waals surface area contributed by atoms with E-state index in [4.69, 9.17) is 16.3 Å². The second kappa shape index (κ2) is 4.78. The zero-order valence-corrected chi connectivity index (χ0v) is 11.1. The molecule has 2 atom stereocenters. The molecule has 0 saturated heterocycles. The van der Waals surface area contributed by atoms with Gasteiger partial charge in [0, 0.05) is 18.5 Å². The summed E-state index contributed by atoms with van der Waals surface area (Å²) >= 11 is 5.65. The Bertz CT molecular complexity index is 603. The van der Waals surface area contributed by atoms with Gasteiger partial charge in [0.2, 0.25) is 5.28 Å². The average molecular weight is 279 g/mol. The number of hydrogen-bond acceptors (Lipinski definition) is 3. The predicted octanol–water partition coefficient (Wildman–Crippen LogP) is 3.55. The van der Waals surface area contributed by atoms with Crippen LogP contribution in [0.4, 0.5) is 4.39 Å². The van der Waals surface area contributed by atoms with E-state index in [0.29, 0.717) is 5.75 Å². The molecule has 0 N–H and O–H groups in total. The number of halogens is 2. The van der Waals surface area contributed by atoms with Crippen molar-refractivity contribution in [1.82, 2.24) is 9.97 Å². The van der Waals surface area contributed by atoms with Crippen LogP contribution in [0, 0.1) is 5.82 Å². The maximum Gasteiger partial charge on any atom is 0.222 e. The zero-order valence-electron chi connectivity index (χ0n) is 10.3. The van der Waals surface area contributed by atoms with Gasteiger partial charge in [0.05, 0.1) is 7.11 Å². The lowest BCUT2D eigenvalue weighted by molar-refractivity contribution is 0.410. The minimum Gasteiger partial charge on any atom is -0.497 e. The summed E-state index contributed by atoms with van der Waals surface area (Å²) in [5.41, 5.74) is 1.73. The van der Waals surface area contributed by atoms with Gasteiger partial charge < -0.3 is 4.74 Å². The molecule has 0 unspecified atom stereocenters. The van der Waals surface area contributed by atoms with Gasteiger partial charge in [-0.15, -0.1) is 0 Å². The van der Waals surface area contributed by atoms with Gasteiger partial charge in [-0.3, -0.25) is 0 Å². The van der Waals surface area contributed by atoms with Crippen molar-refractivity contribution in [2.24, 2.45) is 0 Å². The average Bonchev–Trinajstić information content (AvgIpc) is 3.19. The standard InChI is InChI=1S/C14H12ClFN2O/c1-19-9-2-3-10(13(16)4-9)12-5-11(12)8-6-17-14(15)18-7-8/h2-4,6-7,11-12H,5H2,1H3/t11-,12-/m0/s1. The van der Waals surface area contributed by atoms with Gasteiger partial charge in [-0.05, 0) is 47.1 Å². The third-order valence-corrected chi connectivity index (χ3v) is 3.66. The molecule has 3 rings (SSSR count). The number of aromatic nitrogens is 2. The van der Waals surface area contributed by atoms with Crippen molar-refractivity contribution in [3.8, 4) is 5.75 Å². The first kappa shape index (κ1) is 12.4. The Morgan fingerprint density at radius 1 is 1.26 bits per heavy atom. The van der Waals surface area contributed by atoms with Crippen LogP contribution >= 0.6 is 11.6 Å². The fraction of sp³-hybridized carbons (Fsp3) is 0.286. The van der Waals surface area contributed by atoms with Crippen molar-refractivity contribution in [3.05, 3.63) is 52.8 Å². The number of nitrogens with zero attached hydrogens (tertiary/aromatic N) is 2. The summed E-state index contributed by atoms with van der Waals surface area (Å²) in [5, 5.41) is 0.233. The third-order valence-electron chi connectivity index (χ3n) is 3.47. The van der Waals surface area contributed by atoms with Crippen molar-refractivity contribution in [3.63, 3.8) is 0 Å². The Morgan fingerprint density at radius 3 is 2.63 bits per heavy atom. The molecule has 1 aliphatic rings. The number of methoxy groups -OCH3 is 1. The molecular formula is C14H12ClFN2O. The Kier molecular flexibility index (Phi) is 3.11. The van der Waals surface area contributed by atoms with Crippen molar-refractivity contribution in [1.29, 1.82) is 0 Å². The van der Waals surface area contributed by atoms with Gasteiger partial charge in [0.1, 0.15) is 11.6 Å². The van der Waals surface area contributed by atoms with Gasteiger partial charge >= 0.3 is 0 Å². The molecule has 1 fully saturated rings. The summed E-state index contributed by atoms with van der Waals surface area (Å²) in [4.78, 5) is 7.92. The molecule has 0 bridgehead atoms. The number of benzene rings is 1. The van der Waals surface area contributed by atoms with Crippen molar-refractivity contribution >= 4 is 11.6 Å². The molecule has 0 aliphatic heterocycles. The molecule has 5 heteroatoms. The van der Waals surface area contributed by atoms with E-state index in [1.807, 2.05) is 0 Å². The highest BCUT2D eigenvalue weighted by Gasteiger charge is 2.41. The van der Waals surface area contributed by atoms with Crippen LogP contribution in [0.25, 0.3) is 0 Å². The second-order valence-electron chi connectivity index (χ2n) is 4.62. The Morgan fingerprint density at radius 2 is 2.00 bits per heavy atom. The van der Waals surface area contributed by atoms with E-state index in [0.717, 1.165) is 17.5 Å². The van der Waals surface area contributed by atoms with E-state index < -0.39 is 0 Å². The normalized spacial score (nSPS) is 21.2. The molecular weight excluding hydrogens is 267 g/mol. The summed E-state index contributed by atoms with van der Waals surface area (Å²) in [7, 11) is 1.53.